The zero-order valence-electron chi connectivity index (χ0n) is 9.35. The topological polar surface area (TPSA) is 17.1 Å². The summed E-state index contributed by atoms with van der Waals surface area (Å²) in [5.74, 6) is -5.97. The minimum atomic E-state index is -3.27. The first kappa shape index (κ1) is 12.7. The molecular weight excluding hydrogens is 217 g/mol. The van der Waals surface area contributed by atoms with E-state index >= 15 is 0 Å². The van der Waals surface area contributed by atoms with E-state index in [0.717, 1.165) is 13.0 Å². The van der Waals surface area contributed by atoms with Gasteiger partial charge in [0.1, 0.15) is 5.82 Å². The number of alkyl halides is 2. The normalized spacial score (nSPS) is 11.9. The number of halogens is 3. The van der Waals surface area contributed by atoms with Crippen LogP contribution < -0.4 is 0 Å². The van der Waals surface area contributed by atoms with Crippen LogP contribution in [0.5, 0.6) is 0 Å². The maximum Gasteiger partial charge on any atom is 0.278 e. The molecule has 0 aliphatic heterocycles. The largest absolute Gasteiger partial charge is 0.294 e. The number of benzene rings is 1. The standard InChI is InChI=1S/C12H13F3O/c1-7(2)12(14,15)10-6-4-5-9(8(3)16)11(10)13/h4-7H,1-3H3. The van der Waals surface area contributed by atoms with Crippen LogP contribution in [0.2, 0.25) is 0 Å². The summed E-state index contributed by atoms with van der Waals surface area (Å²) in [7, 11) is 0. The molecule has 16 heavy (non-hydrogen) atoms. The van der Waals surface area contributed by atoms with Gasteiger partial charge in [-0.2, -0.15) is 0 Å². The van der Waals surface area contributed by atoms with Crippen molar-refractivity contribution in [1.29, 1.82) is 0 Å². The molecule has 0 saturated carbocycles. The van der Waals surface area contributed by atoms with Gasteiger partial charge in [-0.1, -0.05) is 26.0 Å². The Morgan fingerprint density at radius 2 is 1.88 bits per heavy atom. The van der Waals surface area contributed by atoms with Gasteiger partial charge >= 0.3 is 0 Å². The molecule has 1 nitrogen and oxygen atoms in total. The summed E-state index contributed by atoms with van der Waals surface area (Å²) in [5, 5.41) is 0. The van der Waals surface area contributed by atoms with Crippen LogP contribution in [0.3, 0.4) is 0 Å². The Morgan fingerprint density at radius 1 is 1.31 bits per heavy atom. The Hall–Kier alpha value is -1.32. The predicted octanol–water partition coefficient (Wildman–Crippen LogP) is 3.78. The second kappa shape index (κ2) is 4.28. The average molecular weight is 230 g/mol. The fraction of sp³-hybridized carbons (Fsp3) is 0.417. The lowest BCUT2D eigenvalue weighted by molar-refractivity contribution is -0.0544. The Morgan fingerprint density at radius 3 is 2.31 bits per heavy atom. The van der Waals surface area contributed by atoms with Crippen LogP contribution in [-0.2, 0) is 5.92 Å². The summed E-state index contributed by atoms with van der Waals surface area (Å²) in [4.78, 5) is 11.0. The zero-order valence-corrected chi connectivity index (χ0v) is 9.35. The minimum absolute atomic E-state index is 0.294. The number of carbonyl (C=O) groups is 1. The fourth-order valence-electron chi connectivity index (χ4n) is 1.37. The first-order valence-electron chi connectivity index (χ1n) is 4.96. The Bertz CT molecular complexity index is 411. The molecule has 0 unspecified atom stereocenters. The third-order valence-electron chi connectivity index (χ3n) is 2.46. The minimum Gasteiger partial charge on any atom is -0.294 e. The number of ketones is 1. The van der Waals surface area contributed by atoms with Gasteiger partial charge in [0.2, 0.25) is 0 Å². The maximum absolute atomic E-state index is 13.7. The van der Waals surface area contributed by atoms with Gasteiger partial charge in [-0.25, -0.2) is 13.2 Å². The molecule has 1 aromatic rings. The number of hydrogen-bond acceptors (Lipinski definition) is 1. The van der Waals surface area contributed by atoms with Crippen LogP contribution in [0, 0.1) is 11.7 Å². The van der Waals surface area contributed by atoms with E-state index in [1.54, 1.807) is 0 Å². The van der Waals surface area contributed by atoms with E-state index in [1.807, 2.05) is 0 Å². The van der Waals surface area contributed by atoms with Gasteiger partial charge in [0.15, 0.2) is 5.78 Å². The molecule has 88 valence electrons. The van der Waals surface area contributed by atoms with Crippen LogP contribution >= 0.6 is 0 Å². The van der Waals surface area contributed by atoms with E-state index < -0.39 is 29.0 Å². The molecule has 0 heterocycles. The lowest BCUT2D eigenvalue weighted by atomic mass is 9.95. The van der Waals surface area contributed by atoms with Crippen LogP contribution in [0.25, 0.3) is 0 Å². The summed E-state index contributed by atoms with van der Waals surface area (Å²) in [5.41, 5.74) is -1.01. The van der Waals surface area contributed by atoms with Crippen LogP contribution in [-0.4, -0.2) is 5.78 Å². The molecule has 0 aromatic heterocycles. The molecule has 0 amide bonds. The summed E-state index contributed by atoms with van der Waals surface area (Å²) < 4.78 is 40.9. The quantitative estimate of drug-likeness (QED) is 0.722. The van der Waals surface area contributed by atoms with Gasteiger partial charge in [-0.15, -0.1) is 0 Å². The van der Waals surface area contributed by atoms with Gasteiger partial charge < -0.3 is 0 Å². The molecule has 0 saturated heterocycles. The first-order valence-corrected chi connectivity index (χ1v) is 4.96. The SMILES string of the molecule is CC(=O)c1cccc(C(F)(F)C(C)C)c1F. The predicted molar refractivity (Wildman–Crippen MR) is 55.1 cm³/mol. The van der Waals surface area contributed by atoms with Crippen molar-refractivity contribution in [2.24, 2.45) is 5.92 Å². The number of carbonyl (C=O) groups excluding carboxylic acids is 1. The summed E-state index contributed by atoms with van der Waals surface area (Å²) in [6.07, 6.45) is 0. The molecule has 0 radical (unpaired) electrons. The van der Waals surface area contributed by atoms with E-state index in [9.17, 15) is 18.0 Å². The van der Waals surface area contributed by atoms with Crippen molar-refractivity contribution in [3.8, 4) is 0 Å². The molecule has 1 aromatic carbocycles. The van der Waals surface area contributed by atoms with E-state index in [0.29, 0.717) is 0 Å². The third-order valence-corrected chi connectivity index (χ3v) is 2.46. The average Bonchev–Trinajstić information content (AvgIpc) is 2.16. The monoisotopic (exact) mass is 230 g/mol. The molecule has 0 N–H and O–H groups in total. The zero-order chi connectivity index (χ0) is 12.5. The van der Waals surface area contributed by atoms with Crippen molar-refractivity contribution in [3.63, 3.8) is 0 Å². The van der Waals surface area contributed by atoms with Crippen molar-refractivity contribution >= 4 is 5.78 Å². The fourth-order valence-corrected chi connectivity index (χ4v) is 1.37. The lowest BCUT2D eigenvalue weighted by Gasteiger charge is -2.21. The van der Waals surface area contributed by atoms with E-state index in [1.165, 1.54) is 26.0 Å². The van der Waals surface area contributed by atoms with Gasteiger partial charge in [0, 0.05) is 5.92 Å². The van der Waals surface area contributed by atoms with Crippen molar-refractivity contribution in [1.82, 2.24) is 0 Å². The smallest absolute Gasteiger partial charge is 0.278 e. The highest BCUT2D eigenvalue weighted by atomic mass is 19.3. The summed E-state index contributed by atoms with van der Waals surface area (Å²) in [6, 6.07) is 3.49. The molecular formula is C12H13F3O. The maximum atomic E-state index is 13.7. The van der Waals surface area contributed by atoms with Gasteiger partial charge in [-0.3, -0.25) is 4.79 Å². The summed E-state index contributed by atoms with van der Waals surface area (Å²) >= 11 is 0. The Labute approximate surface area is 92.3 Å². The van der Waals surface area contributed by atoms with Crippen LogP contribution in [0.1, 0.15) is 36.7 Å². The van der Waals surface area contributed by atoms with Crippen molar-refractivity contribution in [2.45, 2.75) is 26.7 Å². The number of Topliss-reactive ketones (excluding diaryl/α,β-unsaturated/α-hetero) is 1. The third kappa shape index (κ3) is 2.10. The first-order chi connectivity index (χ1) is 7.28. The highest BCUT2D eigenvalue weighted by Gasteiger charge is 2.38. The van der Waals surface area contributed by atoms with Gasteiger partial charge in [0.25, 0.3) is 5.92 Å². The van der Waals surface area contributed by atoms with Crippen LogP contribution in [0.15, 0.2) is 18.2 Å². The van der Waals surface area contributed by atoms with Crippen molar-refractivity contribution in [2.75, 3.05) is 0 Å². The number of rotatable bonds is 3. The molecule has 0 fully saturated rings. The Balaban J connectivity index is 3.36. The molecule has 4 heteroatoms. The molecule has 0 spiro atoms. The Kier molecular flexibility index (Phi) is 3.41. The summed E-state index contributed by atoms with van der Waals surface area (Å²) in [6.45, 7) is 3.76. The van der Waals surface area contributed by atoms with Crippen molar-refractivity contribution < 1.29 is 18.0 Å². The van der Waals surface area contributed by atoms with E-state index in [-0.39, 0.29) is 5.56 Å². The van der Waals surface area contributed by atoms with E-state index in [2.05, 4.69) is 0 Å². The highest BCUT2D eigenvalue weighted by molar-refractivity contribution is 5.94. The molecule has 0 atom stereocenters. The van der Waals surface area contributed by atoms with Gasteiger partial charge in [-0.05, 0) is 13.0 Å². The molecule has 0 bridgehead atoms. The lowest BCUT2D eigenvalue weighted by Crippen LogP contribution is -2.23. The molecule has 0 aliphatic carbocycles. The number of hydrogen-bond donors (Lipinski definition) is 0. The van der Waals surface area contributed by atoms with Crippen LogP contribution in [0.4, 0.5) is 13.2 Å². The molecule has 1 rings (SSSR count). The van der Waals surface area contributed by atoms with Gasteiger partial charge in [0.05, 0.1) is 11.1 Å². The highest BCUT2D eigenvalue weighted by Crippen LogP contribution is 2.37. The second-order valence-corrected chi connectivity index (χ2v) is 4.00. The van der Waals surface area contributed by atoms with E-state index in [4.69, 9.17) is 0 Å². The second-order valence-electron chi connectivity index (χ2n) is 4.00. The van der Waals surface area contributed by atoms with Crippen molar-refractivity contribution in [3.05, 3.63) is 35.1 Å². The molecule has 0 aliphatic rings.